The molecule has 2 saturated heterocycles. The van der Waals surface area contributed by atoms with Crippen LogP contribution in [0, 0.1) is 12.8 Å². The number of morpholine rings is 1. The van der Waals surface area contributed by atoms with Gasteiger partial charge in [-0.25, -0.2) is 9.97 Å². The van der Waals surface area contributed by atoms with Crippen molar-refractivity contribution in [2.24, 2.45) is 5.92 Å². The number of amides is 1. The van der Waals surface area contributed by atoms with Crippen molar-refractivity contribution in [3.63, 3.8) is 0 Å². The van der Waals surface area contributed by atoms with Crippen LogP contribution >= 0.6 is 0 Å². The van der Waals surface area contributed by atoms with Crippen LogP contribution in [0.3, 0.4) is 0 Å². The Morgan fingerprint density at radius 1 is 1.00 bits per heavy atom. The van der Waals surface area contributed by atoms with Crippen molar-refractivity contribution < 1.29 is 9.53 Å². The summed E-state index contributed by atoms with van der Waals surface area (Å²) in [5.41, 5.74) is 0. The third-order valence-electron chi connectivity index (χ3n) is 6.04. The summed E-state index contributed by atoms with van der Waals surface area (Å²) >= 11 is 0. The molecule has 0 unspecified atom stereocenters. The smallest absolute Gasteiger partial charge is 0.222 e. The number of anilines is 2. The van der Waals surface area contributed by atoms with Crippen LogP contribution in [0.2, 0.25) is 0 Å². The molecule has 27 heavy (non-hydrogen) atoms. The van der Waals surface area contributed by atoms with E-state index in [2.05, 4.69) is 25.8 Å². The van der Waals surface area contributed by atoms with Crippen molar-refractivity contribution in [3.8, 4) is 0 Å². The molecule has 1 amide bonds. The van der Waals surface area contributed by atoms with E-state index >= 15 is 0 Å². The van der Waals surface area contributed by atoms with Crippen LogP contribution in [0.5, 0.6) is 0 Å². The van der Waals surface area contributed by atoms with Gasteiger partial charge in [-0.2, -0.15) is 0 Å². The number of hydrogen-bond acceptors (Lipinski definition) is 6. The number of aryl methyl sites for hydroxylation is 1. The molecule has 3 fully saturated rings. The van der Waals surface area contributed by atoms with Gasteiger partial charge in [0.25, 0.3) is 0 Å². The van der Waals surface area contributed by atoms with Crippen LogP contribution < -0.4 is 9.80 Å². The van der Waals surface area contributed by atoms with Gasteiger partial charge in [-0.05, 0) is 25.7 Å². The highest BCUT2D eigenvalue weighted by Crippen LogP contribution is 2.28. The molecule has 0 N–H and O–H groups in total. The first-order valence-electron chi connectivity index (χ1n) is 10.4. The van der Waals surface area contributed by atoms with Gasteiger partial charge < -0.3 is 19.4 Å². The summed E-state index contributed by atoms with van der Waals surface area (Å²) in [6.45, 7) is 8.47. The first-order valence-corrected chi connectivity index (χ1v) is 10.4. The fourth-order valence-electron chi connectivity index (χ4n) is 4.43. The normalized spacial score (nSPS) is 21.7. The number of nitrogens with zero attached hydrogens (tertiary/aromatic N) is 5. The van der Waals surface area contributed by atoms with Crippen molar-refractivity contribution in [1.29, 1.82) is 0 Å². The maximum Gasteiger partial charge on any atom is 0.222 e. The number of rotatable bonds is 4. The van der Waals surface area contributed by atoms with Gasteiger partial charge in [0.15, 0.2) is 0 Å². The summed E-state index contributed by atoms with van der Waals surface area (Å²) in [6, 6.07) is 2.09. The van der Waals surface area contributed by atoms with Crippen molar-refractivity contribution in [2.75, 3.05) is 62.3 Å². The van der Waals surface area contributed by atoms with E-state index in [0.717, 1.165) is 76.4 Å². The molecule has 0 spiro atoms. The minimum absolute atomic E-state index is 0.342. The number of piperazine rings is 1. The molecule has 2 aliphatic heterocycles. The van der Waals surface area contributed by atoms with Crippen LogP contribution in [-0.2, 0) is 9.53 Å². The van der Waals surface area contributed by atoms with Crippen molar-refractivity contribution >= 4 is 17.5 Å². The third kappa shape index (κ3) is 4.51. The molecule has 7 nitrogen and oxygen atoms in total. The monoisotopic (exact) mass is 373 g/mol. The summed E-state index contributed by atoms with van der Waals surface area (Å²) in [5, 5.41) is 0. The molecule has 4 rings (SSSR count). The van der Waals surface area contributed by atoms with E-state index < -0.39 is 0 Å². The fraction of sp³-hybridized carbons (Fsp3) is 0.750. The Labute approximate surface area is 161 Å². The van der Waals surface area contributed by atoms with E-state index in [1.165, 1.54) is 25.7 Å². The number of aromatic nitrogens is 2. The van der Waals surface area contributed by atoms with E-state index in [4.69, 9.17) is 4.74 Å². The van der Waals surface area contributed by atoms with Gasteiger partial charge in [0, 0.05) is 51.8 Å². The lowest BCUT2D eigenvalue weighted by molar-refractivity contribution is -0.132. The molecular weight excluding hydrogens is 342 g/mol. The predicted molar refractivity (Wildman–Crippen MR) is 105 cm³/mol. The fourth-order valence-corrected chi connectivity index (χ4v) is 4.43. The lowest BCUT2D eigenvalue weighted by atomic mass is 10.0. The zero-order valence-electron chi connectivity index (χ0n) is 16.4. The Kier molecular flexibility index (Phi) is 5.76. The lowest BCUT2D eigenvalue weighted by Crippen LogP contribution is -2.49. The third-order valence-corrected chi connectivity index (χ3v) is 6.04. The van der Waals surface area contributed by atoms with Crippen molar-refractivity contribution in [1.82, 2.24) is 14.9 Å². The van der Waals surface area contributed by atoms with E-state index in [0.29, 0.717) is 11.8 Å². The van der Waals surface area contributed by atoms with Crippen molar-refractivity contribution in [3.05, 3.63) is 11.9 Å². The second-order valence-electron chi connectivity index (χ2n) is 7.95. The minimum atomic E-state index is 0.342. The molecule has 0 atom stereocenters. The second-order valence-corrected chi connectivity index (χ2v) is 7.95. The molecule has 3 heterocycles. The molecule has 7 heteroatoms. The molecule has 148 valence electrons. The molecule has 1 saturated carbocycles. The number of ether oxygens (including phenoxy) is 1. The van der Waals surface area contributed by atoms with Gasteiger partial charge in [-0.1, -0.05) is 12.8 Å². The Morgan fingerprint density at radius 2 is 1.59 bits per heavy atom. The highest BCUT2D eigenvalue weighted by molar-refractivity contribution is 5.76. The highest BCUT2D eigenvalue weighted by atomic mass is 16.5. The Balaban J connectivity index is 1.36. The predicted octanol–water partition coefficient (Wildman–Crippen LogP) is 1.85. The average molecular weight is 374 g/mol. The summed E-state index contributed by atoms with van der Waals surface area (Å²) < 4.78 is 5.45. The van der Waals surface area contributed by atoms with Crippen molar-refractivity contribution in [2.45, 2.75) is 39.0 Å². The SMILES string of the molecule is Cc1nc(N2CCOCC2)cc(N2CCN(C(=O)CC3CCCC3)CC2)n1. The van der Waals surface area contributed by atoms with E-state index in [1.807, 2.05) is 11.8 Å². The Bertz CT molecular complexity index is 648. The van der Waals surface area contributed by atoms with E-state index in [1.54, 1.807) is 0 Å². The highest BCUT2D eigenvalue weighted by Gasteiger charge is 2.26. The summed E-state index contributed by atoms with van der Waals surface area (Å²) in [5.74, 6) is 3.73. The molecule has 0 radical (unpaired) electrons. The molecule has 0 aromatic carbocycles. The van der Waals surface area contributed by atoms with Gasteiger partial charge in [0.2, 0.25) is 5.91 Å². The summed E-state index contributed by atoms with van der Waals surface area (Å²) in [7, 11) is 0. The minimum Gasteiger partial charge on any atom is -0.378 e. The zero-order chi connectivity index (χ0) is 18.6. The Hall–Kier alpha value is -1.89. The first kappa shape index (κ1) is 18.5. The van der Waals surface area contributed by atoms with Crippen LogP contribution in [0.25, 0.3) is 0 Å². The molecule has 1 aliphatic carbocycles. The molecule has 1 aromatic heterocycles. The topological polar surface area (TPSA) is 61.8 Å². The van der Waals surface area contributed by atoms with Gasteiger partial charge in [-0.3, -0.25) is 4.79 Å². The van der Waals surface area contributed by atoms with E-state index in [9.17, 15) is 4.79 Å². The zero-order valence-corrected chi connectivity index (χ0v) is 16.4. The van der Waals surface area contributed by atoms with Crippen LogP contribution in [-0.4, -0.2) is 73.3 Å². The summed E-state index contributed by atoms with van der Waals surface area (Å²) in [4.78, 5) is 28.5. The van der Waals surface area contributed by atoms with Gasteiger partial charge in [0.05, 0.1) is 13.2 Å². The Morgan fingerprint density at radius 3 is 2.22 bits per heavy atom. The largest absolute Gasteiger partial charge is 0.378 e. The van der Waals surface area contributed by atoms with Crippen LogP contribution in [0.1, 0.15) is 37.9 Å². The maximum atomic E-state index is 12.6. The molecular formula is C20H31N5O2. The molecule has 3 aliphatic rings. The maximum absolute atomic E-state index is 12.6. The van der Waals surface area contributed by atoms with Crippen LogP contribution in [0.15, 0.2) is 6.07 Å². The quantitative estimate of drug-likeness (QED) is 0.803. The molecule has 1 aromatic rings. The lowest BCUT2D eigenvalue weighted by Gasteiger charge is -2.36. The average Bonchev–Trinajstić information content (AvgIpc) is 3.21. The van der Waals surface area contributed by atoms with Crippen LogP contribution in [0.4, 0.5) is 11.6 Å². The number of carbonyl (C=O) groups excluding carboxylic acids is 1. The molecule has 0 bridgehead atoms. The number of carbonyl (C=O) groups is 1. The van der Waals surface area contributed by atoms with Gasteiger partial charge in [-0.15, -0.1) is 0 Å². The summed E-state index contributed by atoms with van der Waals surface area (Å²) in [6.07, 6.45) is 5.80. The second kappa shape index (κ2) is 8.42. The first-order chi connectivity index (χ1) is 13.2. The van der Waals surface area contributed by atoms with Gasteiger partial charge in [0.1, 0.15) is 17.5 Å². The number of hydrogen-bond donors (Lipinski definition) is 0. The van der Waals surface area contributed by atoms with Gasteiger partial charge >= 0.3 is 0 Å². The standard InChI is InChI=1S/C20H31N5O2/c1-16-21-18(15-19(22-16)24-10-12-27-13-11-24)23-6-8-25(9-7-23)20(26)14-17-4-2-3-5-17/h15,17H,2-14H2,1H3. The van der Waals surface area contributed by atoms with E-state index in [-0.39, 0.29) is 0 Å².